The van der Waals surface area contributed by atoms with Crippen LogP contribution in [-0.2, 0) is 6.54 Å². The fourth-order valence-electron chi connectivity index (χ4n) is 3.40. The fraction of sp³-hybridized carbons (Fsp3) is 0.111. The van der Waals surface area contributed by atoms with Crippen LogP contribution in [0.3, 0.4) is 0 Å². The van der Waals surface area contributed by atoms with Gasteiger partial charge in [-0.15, -0.1) is 0 Å². The summed E-state index contributed by atoms with van der Waals surface area (Å²) in [6.45, 7) is 0.0821. The zero-order valence-corrected chi connectivity index (χ0v) is 13.8. The zero-order valence-electron chi connectivity index (χ0n) is 13.8. The summed E-state index contributed by atoms with van der Waals surface area (Å²) in [6.07, 6.45) is 3.00. The highest BCUT2D eigenvalue weighted by atomic mass is 16.7. The molecule has 0 saturated carbocycles. The molecular formula is C18H13N3O6. The van der Waals surface area contributed by atoms with Crippen LogP contribution in [0.1, 0.15) is 5.56 Å². The third kappa shape index (κ3) is 2.05. The van der Waals surface area contributed by atoms with E-state index in [1.807, 2.05) is 0 Å². The van der Waals surface area contributed by atoms with Crippen LogP contribution in [-0.4, -0.2) is 31.5 Å². The summed E-state index contributed by atoms with van der Waals surface area (Å²) in [6, 6.07) is 5.10. The second kappa shape index (κ2) is 5.31. The van der Waals surface area contributed by atoms with Crippen molar-refractivity contribution in [2.45, 2.75) is 6.54 Å². The van der Waals surface area contributed by atoms with Gasteiger partial charge >= 0.3 is 0 Å². The Morgan fingerprint density at radius 3 is 2.15 bits per heavy atom. The van der Waals surface area contributed by atoms with E-state index in [1.54, 1.807) is 18.2 Å². The summed E-state index contributed by atoms with van der Waals surface area (Å²) in [4.78, 5) is 31.2. The third-order valence-corrected chi connectivity index (χ3v) is 4.68. The minimum Gasteiger partial charge on any atom is -0.505 e. The Hall–Kier alpha value is -3.88. The van der Waals surface area contributed by atoms with Crippen molar-refractivity contribution < 1.29 is 19.7 Å². The highest BCUT2D eigenvalue weighted by Gasteiger charge is 2.24. The van der Waals surface area contributed by atoms with Crippen LogP contribution in [0.25, 0.3) is 21.8 Å². The van der Waals surface area contributed by atoms with Crippen LogP contribution >= 0.6 is 0 Å². The van der Waals surface area contributed by atoms with Crippen LogP contribution in [0.2, 0.25) is 0 Å². The number of phenolic OH excluding ortho intramolecular Hbond substituents is 2. The van der Waals surface area contributed by atoms with Crippen molar-refractivity contribution in [3.8, 4) is 23.0 Å². The number of nitrogens with zero attached hydrogens (tertiary/aromatic N) is 1. The van der Waals surface area contributed by atoms with E-state index in [1.165, 1.54) is 12.4 Å². The Labute approximate surface area is 150 Å². The van der Waals surface area contributed by atoms with Gasteiger partial charge in [0.1, 0.15) is 21.8 Å². The van der Waals surface area contributed by atoms with Gasteiger partial charge in [0.2, 0.25) is 6.79 Å². The van der Waals surface area contributed by atoms with E-state index >= 15 is 0 Å². The number of rotatable bonds is 2. The van der Waals surface area contributed by atoms with Crippen molar-refractivity contribution in [1.29, 1.82) is 0 Å². The van der Waals surface area contributed by atoms with Gasteiger partial charge in [-0.25, -0.2) is 0 Å². The van der Waals surface area contributed by atoms with E-state index in [4.69, 9.17) is 9.47 Å². The molecule has 136 valence electrons. The quantitative estimate of drug-likeness (QED) is 0.396. The number of ether oxygens (including phenoxy) is 2. The molecule has 1 aliphatic heterocycles. The predicted molar refractivity (Wildman–Crippen MR) is 95.7 cm³/mol. The molecule has 27 heavy (non-hydrogen) atoms. The van der Waals surface area contributed by atoms with Gasteiger partial charge in [-0.1, -0.05) is 6.07 Å². The number of phenols is 2. The molecule has 0 aliphatic carbocycles. The monoisotopic (exact) mass is 367 g/mol. The minimum atomic E-state index is -0.681. The van der Waals surface area contributed by atoms with Gasteiger partial charge in [-0.05, 0) is 17.7 Å². The van der Waals surface area contributed by atoms with Gasteiger partial charge in [0.15, 0.2) is 23.0 Å². The molecule has 1 aliphatic rings. The Kier molecular flexibility index (Phi) is 3.02. The van der Waals surface area contributed by atoms with Crippen LogP contribution in [0.4, 0.5) is 0 Å². The molecule has 5 rings (SSSR count). The lowest BCUT2D eigenvalue weighted by molar-refractivity contribution is 0.174. The zero-order chi connectivity index (χ0) is 18.7. The van der Waals surface area contributed by atoms with E-state index in [0.29, 0.717) is 17.1 Å². The first-order valence-electron chi connectivity index (χ1n) is 8.11. The first-order chi connectivity index (χ1) is 13.1. The van der Waals surface area contributed by atoms with Gasteiger partial charge in [-0.2, -0.15) is 0 Å². The summed E-state index contributed by atoms with van der Waals surface area (Å²) in [7, 11) is 0. The average molecular weight is 367 g/mol. The molecule has 9 nitrogen and oxygen atoms in total. The highest BCUT2D eigenvalue weighted by Crippen LogP contribution is 2.36. The van der Waals surface area contributed by atoms with Crippen molar-refractivity contribution in [2.75, 3.05) is 6.79 Å². The molecular weight excluding hydrogens is 354 g/mol. The Bertz CT molecular complexity index is 1270. The van der Waals surface area contributed by atoms with E-state index in [0.717, 1.165) is 4.57 Å². The summed E-state index contributed by atoms with van der Waals surface area (Å²) in [5.41, 5.74) is -0.436. The maximum absolute atomic E-state index is 12.8. The van der Waals surface area contributed by atoms with Crippen molar-refractivity contribution in [2.24, 2.45) is 0 Å². The molecule has 4 aromatic rings. The molecule has 9 heteroatoms. The summed E-state index contributed by atoms with van der Waals surface area (Å²) in [5, 5.41) is 20.5. The number of hydrogen-bond donors (Lipinski definition) is 4. The molecule has 3 heterocycles. The molecule has 0 amide bonds. The molecule has 0 unspecified atom stereocenters. The topological polar surface area (TPSA) is 130 Å². The maximum Gasteiger partial charge on any atom is 0.265 e. The van der Waals surface area contributed by atoms with Crippen molar-refractivity contribution >= 4 is 21.8 Å². The van der Waals surface area contributed by atoms with E-state index < -0.39 is 11.1 Å². The number of aromatic amines is 2. The second-order valence-electron chi connectivity index (χ2n) is 6.20. The normalized spacial score (nSPS) is 12.9. The molecule has 2 aromatic carbocycles. The van der Waals surface area contributed by atoms with Crippen LogP contribution in [0, 0.1) is 0 Å². The molecule has 0 spiro atoms. The number of hydrogen-bond acceptors (Lipinski definition) is 6. The predicted octanol–water partition coefficient (Wildman–Crippen LogP) is 1.36. The van der Waals surface area contributed by atoms with Gasteiger partial charge in [0.05, 0.1) is 6.54 Å². The molecule has 0 saturated heterocycles. The lowest BCUT2D eigenvalue weighted by Crippen LogP contribution is -2.25. The standard InChI is InChI=1S/C18H13N3O6/c22-15-11-12(16(23)14-13(15)19-3-4-20-14)18(25)21(17(11)24)6-8-1-2-9-10(5-8)27-7-26-9/h1-5,19-20,22-23H,6-7H2. The summed E-state index contributed by atoms with van der Waals surface area (Å²) >= 11 is 0. The smallest absolute Gasteiger partial charge is 0.265 e. The third-order valence-electron chi connectivity index (χ3n) is 4.68. The van der Waals surface area contributed by atoms with E-state index in [9.17, 15) is 19.8 Å². The van der Waals surface area contributed by atoms with Crippen molar-refractivity contribution in [3.05, 3.63) is 56.9 Å². The van der Waals surface area contributed by atoms with Gasteiger partial charge in [0.25, 0.3) is 11.1 Å². The summed E-state index contributed by atoms with van der Waals surface area (Å²) in [5.74, 6) is 0.348. The number of nitrogens with one attached hydrogen (secondary N) is 2. The SMILES string of the molecule is O=c1c2c(O)c3[nH]cc[nH]c3c(O)c2c(=O)n1Cc1ccc2c(c1)OCO2. The molecule has 0 bridgehead atoms. The number of aromatic nitrogens is 3. The second-order valence-corrected chi connectivity index (χ2v) is 6.20. The van der Waals surface area contributed by atoms with Crippen LogP contribution in [0.5, 0.6) is 23.0 Å². The van der Waals surface area contributed by atoms with Crippen LogP contribution in [0.15, 0.2) is 40.2 Å². The lowest BCUT2D eigenvalue weighted by Gasteiger charge is -2.04. The lowest BCUT2D eigenvalue weighted by atomic mass is 10.1. The van der Waals surface area contributed by atoms with Gasteiger partial charge < -0.3 is 29.7 Å². The number of benzene rings is 2. The van der Waals surface area contributed by atoms with Gasteiger partial charge in [0, 0.05) is 12.4 Å². The molecule has 2 aromatic heterocycles. The Morgan fingerprint density at radius 1 is 0.926 bits per heavy atom. The fourth-order valence-corrected chi connectivity index (χ4v) is 3.40. The largest absolute Gasteiger partial charge is 0.505 e. The van der Waals surface area contributed by atoms with Crippen molar-refractivity contribution in [1.82, 2.24) is 14.5 Å². The van der Waals surface area contributed by atoms with Gasteiger partial charge in [-0.3, -0.25) is 14.2 Å². The van der Waals surface area contributed by atoms with Crippen LogP contribution < -0.4 is 20.6 Å². The Balaban J connectivity index is 1.75. The van der Waals surface area contributed by atoms with Crippen molar-refractivity contribution in [3.63, 3.8) is 0 Å². The molecule has 0 atom stereocenters. The number of aromatic hydroxyl groups is 2. The first kappa shape index (κ1) is 15.4. The van der Waals surface area contributed by atoms with E-state index in [2.05, 4.69) is 9.97 Å². The number of fused-ring (bicyclic) bond motifs is 3. The first-order valence-corrected chi connectivity index (χ1v) is 8.11. The number of H-pyrrole nitrogens is 2. The molecule has 4 N–H and O–H groups in total. The minimum absolute atomic E-state index is 0.0361. The van der Waals surface area contributed by atoms with E-state index in [-0.39, 0.29) is 46.6 Å². The molecule has 0 radical (unpaired) electrons. The maximum atomic E-state index is 12.8. The average Bonchev–Trinajstić information content (AvgIpc) is 3.24. The summed E-state index contributed by atoms with van der Waals surface area (Å²) < 4.78 is 11.5. The highest BCUT2D eigenvalue weighted by molar-refractivity contribution is 6.07. The molecule has 0 fully saturated rings. The Morgan fingerprint density at radius 2 is 1.52 bits per heavy atom.